The summed E-state index contributed by atoms with van der Waals surface area (Å²) in [6.07, 6.45) is 2.79. The third-order valence-electron chi connectivity index (χ3n) is 4.78. The lowest BCUT2D eigenvalue weighted by Crippen LogP contribution is -2.30. The van der Waals surface area contributed by atoms with Gasteiger partial charge in [0.15, 0.2) is 11.5 Å². The largest absolute Gasteiger partial charge is 0.493 e. The summed E-state index contributed by atoms with van der Waals surface area (Å²) in [7, 11) is 3.37. The first kappa shape index (κ1) is 15.1. The highest BCUT2D eigenvalue weighted by molar-refractivity contribution is 5.80. The Balaban J connectivity index is 1.59. The Morgan fingerprint density at radius 3 is 2.62 bits per heavy atom. The molecule has 0 N–H and O–H groups in total. The average Bonchev–Trinajstić information content (AvgIpc) is 3.10. The standard InChI is InChI=1S/C20H21NO3/c1-22-19-10-14-6-8-21(13-16(14)11-20(19)23-2)12-15-4-3-5-18-17(15)7-9-24-18/h3-5,7,9-11H,6,8,12-13H2,1-2H3. The molecule has 1 aromatic heterocycles. The molecule has 4 heteroatoms. The molecule has 0 bridgehead atoms. The maximum Gasteiger partial charge on any atom is 0.161 e. The smallest absolute Gasteiger partial charge is 0.161 e. The molecule has 0 fully saturated rings. The summed E-state index contributed by atoms with van der Waals surface area (Å²) in [6, 6.07) is 12.5. The van der Waals surface area contributed by atoms with Crippen LogP contribution in [0.5, 0.6) is 11.5 Å². The van der Waals surface area contributed by atoms with Crippen LogP contribution in [0.2, 0.25) is 0 Å². The highest BCUT2D eigenvalue weighted by Gasteiger charge is 2.20. The molecule has 3 aromatic rings. The third kappa shape index (κ3) is 2.63. The van der Waals surface area contributed by atoms with E-state index < -0.39 is 0 Å². The monoisotopic (exact) mass is 323 g/mol. The third-order valence-corrected chi connectivity index (χ3v) is 4.78. The highest BCUT2D eigenvalue weighted by atomic mass is 16.5. The van der Waals surface area contributed by atoms with E-state index >= 15 is 0 Å². The number of methoxy groups -OCH3 is 2. The second-order valence-electron chi connectivity index (χ2n) is 6.19. The number of benzene rings is 2. The molecule has 1 aliphatic heterocycles. The van der Waals surface area contributed by atoms with Crippen molar-refractivity contribution < 1.29 is 13.9 Å². The van der Waals surface area contributed by atoms with E-state index in [1.807, 2.05) is 6.07 Å². The van der Waals surface area contributed by atoms with Gasteiger partial charge in [-0.15, -0.1) is 0 Å². The number of fused-ring (bicyclic) bond motifs is 2. The summed E-state index contributed by atoms with van der Waals surface area (Å²) in [5.74, 6) is 1.61. The molecule has 0 spiro atoms. The lowest BCUT2D eigenvalue weighted by molar-refractivity contribution is 0.245. The van der Waals surface area contributed by atoms with Gasteiger partial charge in [0.1, 0.15) is 5.58 Å². The van der Waals surface area contributed by atoms with Gasteiger partial charge in [-0.05, 0) is 47.4 Å². The number of nitrogens with zero attached hydrogens (tertiary/aromatic N) is 1. The van der Waals surface area contributed by atoms with Crippen LogP contribution in [0.25, 0.3) is 11.0 Å². The van der Waals surface area contributed by atoms with Crippen molar-refractivity contribution in [2.24, 2.45) is 0 Å². The van der Waals surface area contributed by atoms with Gasteiger partial charge in [-0.1, -0.05) is 12.1 Å². The van der Waals surface area contributed by atoms with Gasteiger partial charge in [0, 0.05) is 25.0 Å². The molecule has 1 aliphatic rings. The van der Waals surface area contributed by atoms with Crippen LogP contribution < -0.4 is 9.47 Å². The minimum Gasteiger partial charge on any atom is -0.493 e. The molecule has 0 amide bonds. The number of ether oxygens (including phenoxy) is 2. The van der Waals surface area contributed by atoms with Crippen molar-refractivity contribution in [3.05, 3.63) is 59.4 Å². The number of hydrogen-bond donors (Lipinski definition) is 0. The molecule has 0 atom stereocenters. The maximum atomic E-state index is 5.51. The van der Waals surface area contributed by atoms with Crippen molar-refractivity contribution in [2.45, 2.75) is 19.5 Å². The van der Waals surface area contributed by atoms with E-state index in [4.69, 9.17) is 13.9 Å². The van der Waals surface area contributed by atoms with Gasteiger partial charge in [0.25, 0.3) is 0 Å². The van der Waals surface area contributed by atoms with Crippen molar-refractivity contribution in [1.29, 1.82) is 0 Å². The van der Waals surface area contributed by atoms with Gasteiger partial charge < -0.3 is 13.9 Å². The molecule has 0 saturated heterocycles. The molecule has 0 radical (unpaired) electrons. The predicted molar refractivity (Wildman–Crippen MR) is 93.6 cm³/mol. The molecule has 124 valence electrons. The van der Waals surface area contributed by atoms with Gasteiger partial charge in [-0.3, -0.25) is 4.90 Å². The molecule has 2 heterocycles. The molecular weight excluding hydrogens is 302 g/mol. The van der Waals surface area contributed by atoms with Crippen molar-refractivity contribution in [2.75, 3.05) is 20.8 Å². The van der Waals surface area contributed by atoms with Crippen molar-refractivity contribution >= 4 is 11.0 Å². The Labute approximate surface area is 141 Å². The predicted octanol–water partition coefficient (Wildman–Crippen LogP) is 4.01. The number of rotatable bonds is 4. The fourth-order valence-electron chi connectivity index (χ4n) is 3.51. The summed E-state index contributed by atoms with van der Waals surface area (Å²) in [5, 5.41) is 1.20. The van der Waals surface area contributed by atoms with E-state index in [-0.39, 0.29) is 0 Å². The van der Waals surface area contributed by atoms with Crippen LogP contribution in [-0.4, -0.2) is 25.7 Å². The van der Waals surface area contributed by atoms with E-state index in [9.17, 15) is 0 Å². The Morgan fingerprint density at radius 2 is 1.83 bits per heavy atom. The molecule has 0 unspecified atom stereocenters. The van der Waals surface area contributed by atoms with E-state index in [1.165, 1.54) is 22.1 Å². The molecule has 0 saturated carbocycles. The molecule has 24 heavy (non-hydrogen) atoms. The lowest BCUT2D eigenvalue weighted by Gasteiger charge is -2.29. The lowest BCUT2D eigenvalue weighted by atomic mass is 9.98. The van der Waals surface area contributed by atoms with Crippen LogP contribution in [0, 0.1) is 0 Å². The normalized spacial score (nSPS) is 14.6. The van der Waals surface area contributed by atoms with E-state index in [0.29, 0.717) is 0 Å². The molecule has 4 rings (SSSR count). The molecule has 0 aliphatic carbocycles. The van der Waals surface area contributed by atoms with Gasteiger partial charge in [-0.25, -0.2) is 0 Å². The summed E-state index contributed by atoms with van der Waals surface area (Å²) < 4.78 is 16.4. The first-order valence-electron chi connectivity index (χ1n) is 8.19. The van der Waals surface area contributed by atoms with Crippen molar-refractivity contribution in [3.63, 3.8) is 0 Å². The Kier molecular flexibility index (Phi) is 3.90. The van der Waals surface area contributed by atoms with E-state index in [0.717, 1.165) is 43.1 Å². The molecular formula is C20H21NO3. The number of furan rings is 1. The van der Waals surface area contributed by atoms with Crippen LogP contribution in [0.1, 0.15) is 16.7 Å². The van der Waals surface area contributed by atoms with E-state index in [1.54, 1.807) is 20.5 Å². The zero-order chi connectivity index (χ0) is 16.5. The Bertz CT molecular complexity index is 868. The van der Waals surface area contributed by atoms with Gasteiger partial charge in [0.05, 0.1) is 20.5 Å². The second-order valence-corrected chi connectivity index (χ2v) is 6.19. The average molecular weight is 323 g/mol. The summed E-state index contributed by atoms with van der Waals surface area (Å²) >= 11 is 0. The number of hydrogen-bond acceptors (Lipinski definition) is 4. The zero-order valence-corrected chi connectivity index (χ0v) is 14.0. The molecule has 2 aromatic carbocycles. The Morgan fingerprint density at radius 1 is 1.04 bits per heavy atom. The van der Waals surface area contributed by atoms with Crippen molar-refractivity contribution in [3.8, 4) is 11.5 Å². The minimum atomic E-state index is 0.801. The fourth-order valence-corrected chi connectivity index (χ4v) is 3.51. The molecule has 4 nitrogen and oxygen atoms in total. The van der Waals surface area contributed by atoms with Crippen LogP contribution in [-0.2, 0) is 19.5 Å². The van der Waals surface area contributed by atoms with Crippen LogP contribution in [0.4, 0.5) is 0 Å². The highest BCUT2D eigenvalue weighted by Crippen LogP contribution is 2.33. The fraction of sp³-hybridized carbons (Fsp3) is 0.300. The van der Waals surface area contributed by atoms with Crippen LogP contribution >= 0.6 is 0 Å². The minimum absolute atomic E-state index is 0.801. The van der Waals surface area contributed by atoms with Gasteiger partial charge in [-0.2, -0.15) is 0 Å². The van der Waals surface area contributed by atoms with Gasteiger partial charge in [0.2, 0.25) is 0 Å². The summed E-state index contributed by atoms with van der Waals surface area (Å²) in [5.41, 5.74) is 4.94. The van der Waals surface area contributed by atoms with Crippen molar-refractivity contribution in [1.82, 2.24) is 4.90 Å². The Hall–Kier alpha value is -2.46. The second kappa shape index (κ2) is 6.21. The quantitative estimate of drug-likeness (QED) is 0.727. The first-order valence-corrected chi connectivity index (χ1v) is 8.19. The summed E-state index contributed by atoms with van der Waals surface area (Å²) in [6.45, 7) is 2.88. The maximum absolute atomic E-state index is 5.51. The first-order chi connectivity index (χ1) is 11.8. The SMILES string of the molecule is COc1cc2c(cc1OC)CN(Cc1cccc3occc13)CC2. The van der Waals surface area contributed by atoms with Crippen LogP contribution in [0.15, 0.2) is 47.1 Å². The van der Waals surface area contributed by atoms with Gasteiger partial charge >= 0.3 is 0 Å². The summed E-state index contributed by atoms with van der Waals surface area (Å²) in [4.78, 5) is 2.47. The topological polar surface area (TPSA) is 34.8 Å². The van der Waals surface area contributed by atoms with E-state index in [2.05, 4.69) is 35.2 Å². The zero-order valence-electron chi connectivity index (χ0n) is 14.0. The van der Waals surface area contributed by atoms with Crippen LogP contribution in [0.3, 0.4) is 0 Å².